The highest BCUT2D eigenvalue weighted by molar-refractivity contribution is 7.47. The third-order valence-corrected chi connectivity index (χ3v) is 14.5. The number of ketones is 1. The maximum absolute atomic E-state index is 13.9. The van der Waals surface area contributed by atoms with Gasteiger partial charge in [0.2, 0.25) is 0 Å². The molecular weight excluding hydrogens is 852 g/mol. The lowest BCUT2D eigenvalue weighted by molar-refractivity contribution is -0.870. The van der Waals surface area contributed by atoms with Crippen LogP contribution in [0.5, 0.6) is 11.5 Å². The Balaban J connectivity index is 1.13. The summed E-state index contributed by atoms with van der Waals surface area (Å²) in [5.41, 5.74) is 3.69. The van der Waals surface area contributed by atoms with Crippen LogP contribution in [0.1, 0.15) is 163 Å². The van der Waals surface area contributed by atoms with Gasteiger partial charge in [0.1, 0.15) is 30.3 Å². The first-order valence-corrected chi connectivity index (χ1v) is 26.4. The first-order chi connectivity index (χ1) is 31.5. The van der Waals surface area contributed by atoms with E-state index in [1.165, 1.54) is 77.0 Å². The lowest BCUT2D eigenvalue weighted by Crippen LogP contribution is -2.43. The van der Waals surface area contributed by atoms with Crippen LogP contribution in [-0.2, 0) is 43.5 Å². The number of ether oxygens (including phenoxy) is 1. The van der Waals surface area contributed by atoms with E-state index in [4.69, 9.17) is 18.8 Å². The first-order valence-electron chi connectivity index (χ1n) is 24.9. The molecule has 6 rings (SSSR count). The number of pyridine rings is 2. The molecule has 0 fully saturated rings. The van der Waals surface area contributed by atoms with Gasteiger partial charge in [-0.1, -0.05) is 122 Å². The predicted octanol–water partition coefficient (Wildman–Crippen LogP) is 11.5. The maximum atomic E-state index is 13.9. The summed E-state index contributed by atoms with van der Waals surface area (Å²) >= 11 is 0. The summed E-state index contributed by atoms with van der Waals surface area (Å²) in [5.74, 6) is 1.01. The molecule has 0 amide bonds. The van der Waals surface area contributed by atoms with Gasteiger partial charge in [0, 0.05) is 40.6 Å². The Morgan fingerprint density at radius 2 is 1.47 bits per heavy atom. The Hall–Kier alpha value is -3.74. The van der Waals surface area contributed by atoms with E-state index in [2.05, 4.69) is 17.9 Å². The molecule has 12 nitrogen and oxygen atoms in total. The van der Waals surface area contributed by atoms with Crippen molar-refractivity contribution in [2.75, 3.05) is 48.4 Å². The van der Waals surface area contributed by atoms with Gasteiger partial charge in [0.15, 0.2) is 5.78 Å². The SMILES string of the molecule is CCCCCCCCCCCCCCCCCC(OP(=O)(O)OCC[N+](C)(C)C)c1ccc(Oc2ccc3nc4c(cc3c2CN(C)C)Cn2c-4cc3c(c2=O)CCC(=O)[C@]3(O)CC)cc1. The van der Waals surface area contributed by atoms with Gasteiger partial charge in [0.25, 0.3) is 5.56 Å². The molecule has 4 aromatic rings. The number of carbonyl (C=O) groups excluding carboxylic acids is 1. The molecule has 0 saturated carbocycles. The van der Waals surface area contributed by atoms with Gasteiger partial charge in [-0.2, -0.15) is 0 Å². The molecule has 13 heteroatoms. The molecule has 0 saturated heterocycles. The van der Waals surface area contributed by atoms with E-state index < -0.39 is 19.5 Å². The van der Waals surface area contributed by atoms with Crippen molar-refractivity contribution in [1.82, 2.24) is 14.5 Å². The van der Waals surface area contributed by atoms with Crippen molar-refractivity contribution in [3.8, 4) is 22.9 Å². The zero-order valence-electron chi connectivity index (χ0n) is 41.0. The van der Waals surface area contributed by atoms with Crippen LogP contribution in [0.2, 0.25) is 0 Å². The molecular formula is C53H78N4O8P+. The molecule has 1 aliphatic carbocycles. The van der Waals surface area contributed by atoms with Gasteiger partial charge in [-0.05, 0) is 75.3 Å². The standard InChI is InChI=1S/C53H77N4O8P/c1-8-10-11-12-13-14-15-16-17-18-19-20-21-22-23-24-48(65-66(61,62)63-34-33-57(5,6)7)39-25-27-41(28-26-39)64-49-31-30-46-43(44(49)38-55(3)4)35-40-37-56-47(51(40)54-46)36-45-42(52(56)59)29-32-50(58)53(45,60)9-2/h25-28,30-31,35-36,48,60H,8-24,29,32-34,37-38H2,1-7H3/p+1/t48?,53-/m0/s1. The second-order valence-electron chi connectivity index (χ2n) is 20.1. The minimum absolute atomic E-state index is 0.105. The van der Waals surface area contributed by atoms with E-state index in [9.17, 15) is 24.2 Å². The number of hydrogen-bond donors (Lipinski definition) is 2. The minimum Gasteiger partial charge on any atom is -0.457 e. The summed E-state index contributed by atoms with van der Waals surface area (Å²) < 4.78 is 33.6. The van der Waals surface area contributed by atoms with Crippen molar-refractivity contribution in [3.63, 3.8) is 0 Å². The fourth-order valence-electron chi connectivity index (χ4n) is 9.53. The zero-order chi connectivity index (χ0) is 47.5. The monoisotopic (exact) mass is 930 g/mol. The number of rotatable bonds is 28. The number of likely N-dealkylation sites (N-methyl/N-ethyl adjacent to an activating group) is 1. The van der Waals surface area contributed by atoms with Crippen molar-refractivity contribution in [2.45, 2.75) is 161 Å². The second-order valence-corrected chi connectivity index (χ2v) is 21.5. The summed E-state index contributed by atoms with van der Waals surface area (Å²) in [6.07, 6.45) is 19.6. The van der Waals surface area contributed by atoms with E-state index in [1.807, 2.05) is 71.6 Å². The molecule has 0 bridgehead atoms. The lowest BCUT2D eigenvalue weighted by atomic mass is 9.77. The third kappa shape index (κ3) is 13.5. The molecule has 3 heterocycles. The summed E-state index contributed by atoms with van der Waals surface area (Å²) in [4.78, 5) is 44.8. The van der Waals surface area contributed by atoms with Crippen LogP contribution in [0.4, 0.5) is 0 Å². The Morgan fingerprint density at radius 3 is 2.06 bits per heavy atom. The number of nitrogens with zero attached hydrogens (tertiary/aromatic N) is 4. The molecule has 1 aliphatic heterocycles. The lowest BCUT2D eigenvalue weighted by Gasteiger charge is -2.32. The molecule has 2 aromatic carbocycles. The van der Waals surface area contributed by atoms with Crippen molar-refractivity contribution >= 4 is 24.5 Å². The largest absolute Gasteiger partial charge is 0.472 e. The van der Waals surface area contributed by atoms with Gasteiger partial charge in [-0.15, -0.1) is 0 Å². The number of phosphoric ester groups is 1. The topological polar surface area (TPSA) is 140 Å². The Bertz CT molecular complexity index is 2360. The van der Waals surface area contributed by atoms with E-state index in [-0.39, 0.29) is 30.8 Å². The number of carbonyl (C=O) groups is 1. The van der Waals surface area contributed by atoms with E-state index in [0.29, 0.717) is 71.0 Å². The smallest absolute Gasteiger partial charge is 0.457 e. The number of fused-ring (bicyclic) bond motifs is 5. The van der Waals surface area contributed by atoms with Gasteiger partial charge >= 0.3 is 7.82 Å². The zero-order valence-corrected chi connectivity index (χ0v) is 41.9. The van der Waals surface area contributed by atoms with Gasteiger partial charge in [-0.3, -0.25) is 18.6 Å². The fourth-order valence-corrected chi connectivity index (χ4v) is 10.5. The Morgan fingerprint density at radius 1 is 0.848 bits per heavy atom. The highest BCUT2D eigenvalue weighted by Crippen LogP contribution is 2.49. The van der Waals surface area contributed by atoms with Crippen LogP contribution in [-0.4, -0.2) is 83.1 Å². The number of unbranched alkanes of at least 4 members (excludes halogenated alkanes) is 14. The number of quaternary nitrogens is 1. The highest BCUT2D eigenvalue weighted by atomic mass is 31.2. The van der Waals surface area contributed by atoms with Crippen molar-refractivity contribution in [3.05, 3.63) is 86.7 Å². The van der Waals surface area contributed by atoms with Crippen molar-refractivity contribution in [1.29, 1.82) is 0 Å². The van der Waals surface area contributed by atoms with Crippen molar-refractivity contribution < 1.29 is 37.6 Å². The predicted molar refractivity (Wildman–Crippen MR) is 264 cm³/mol. The maximum Gasteiger partial charge on any atom is 0.472 e. The summed E-state index contributed by atoms with van der Waals surface area (Å²) in [7, 11) is 5.68. The molecule has 2 unspecified atom stereocenters. The summed E-state index contributed by atoms with van der Waals surface area (Å²) in [6.45, 7) is 5.61. The molecule has 362 valence electrons. The average molecular weight is 930 g/mol. The second kappa shape index (κ2) is 23.5. The van der Waals surface area contributed by atoms with Crippen LogP contribution in [0.25, 0.3) is 22.3 Å². The van der Waals surface area contributed by atoms with Crippen LogP contribution in [0.15, 0.2) is 53.3 Å². The first kappa shape index (κ1) is 51.6. The van der Waals surface area contributed by atoms with Crippen LogP contribution < -0.4 is 10.3 Å². The van der Waals surface area contributed by atoms with E-state index in [0.717, 1.165) is 46.9 Å². The molecule has 66 heavy (non-hydrogen) atoms. The minimum atomic E-state index is -4.34. The molecule has 2 aromatic heterocycles. The number of aliphatic hydroxyl groups is 1. The van der Waals surface area contributed by atoms with E-state index in [1.54, 1.807) is 17.6 Å². The number of aromatic nitrogens is 2. The number of Topliss-reactive ketones (excluding diaryl/α,β-unsaturated/α-hetero) is 1. The Labute approximate surface area is 393 Å². The number of benzene rings is 2. The normalized spacial score (nSPS) is 17.2. The molecule has 3 atom stereocenters. The van der Waals surface area contributed by atoms with Crippen LogP contribution in [0.3, 0.4) is 0 Å². The summed E-state index contributed by atoms with van der Waals surface area (Å²) in [6, 6.07) is 15.3. The highest BCUT2D eigenvalue weighted by Gasteiger charge is 2.43. The van der Waals surface area contributed by atoms with Gasteiger partial charge in [0.05, 0.1) is 50.7 Å². The van der Waals surface area contributed by atoms with Crippen LogP contribution in [0, 0.1) is 0 Å². The average Bonchev–Trinajstić information content (AvgIpc) is 3.63. The fraction of sp³-hybridized carbons (Fsp3) is 0.604. The van der Waals surface area contributed by atoms with Crippen LogP contribution >= 0.6 is 7.82 Å². The number of hydrogen-bond acceptors (Lipinski definition) is 9. The Kier molecular flexibility index (Phi) is 18.4. The molecule has 0 radical (unpaired) electrons. The van der Waals surface area contributed by atoms with Gasteiger partial charge < -0.3 is 28.7 Å². The molecule has 2 N–H and O–H groups in total. The van der Waals surface area contributed by atoms with E-state index >= 15 is 0 Å². The van der Waals surface area contributed by atoms with Gasteiger partial charge in [-0.25, -0.2) is 9.55 Å². The molecule has 2 aliphatic rings. The quantitative estimate of drug-likeness (QED) is 0.0283. The third-order valence-electron chi connectivity index (χ3n) is 13.4. The molecule has 0 spiro atoms. The number of phosphoric acid groups is 1. The van der Waals surface area contributed by atoms with Crippen molar-refractivity contribution in [2.24, 2.45) is 0 Å². The summed E-state index contributed by atoms with van der Waals surface area (Å²) in [5, 5.41) is 12.3.